The first kappa shape index (κ1) is 16.1. The van der Waals surface area contributed by atoms with Crippen LogP contribution >= 0.6 is 15.9 Å². The van der Waals surface area contributed by atoms with Crippen LogP contribution in [0.2, 0.25) is 0 Å². The first-order valence-corrected chi connectivity index (χ1v) is 9.17. The minimum atomic E-state index is -0.00479. The van der Waals surface area contributed by atoms with E-state index in [4.69, 9.17) is 0 Å². The molecule has 0 spiro atoms. The van der Waals surface area contributed by atoms with Crippen molar-refractivity contribution in [3.8, 4) is 0 Å². The molecule has 1 unspecified atom stereocenters. The van der Waals surface area contributed by atoms with Gasteiger partial charge in [0, 0.05) is 21.9 Å². The summed E-state index contributed by atoms with van der Waals surface area (Å²) in [5, 5.41) is 5.73. The lowest BCUT2D eigenvalue weighted by Gasteiger charge is -2.21. The van der Waals surface area contributed by atoms with Gasteiger partial charge in [-0.25, -0.2) is 9.67 Å². The van der Waals surface area contributed by atoms with Crippen LogP contribution in [0.5, 0.6) is 0 Å². The van der Waals surface area contributed by atoms with Gasteiger partial charge in [-0.3, -0.25) is 0 Å². The molecule has 4 rings (SSSR count). The van der Waals surface area contributed by atoms with Crippen LogP contribution in [-0.2, 0) is 6.54 Å². The average Bonchev–Trinajstić information content (AvgIpc) is 3.25. The standard InChI is InChI=1S/C20H19BrN4/c1-3-24-18-10-9-16(21)11-17(18)14(2)19(24)20(25-13-22-12-23-25)15-7-5-4-6-8-15/h4-13,20H,3H2,1-2H3. The minimum absolute atomic E-state index is 0.00479. The fourth-order valence-electron chi connectivity index (χ4n) is 3.63. The van der Waals surface area contributed by atoms with E-state index in [2.05, 4.69) is 86.9 Å². The highest BCUT2D eigenvalue weighted by Crippen LogP contribution is 2.36. The summed E-state index contributed by atoms with van der Waals surface area (Å²) in [6.45, 7) is 5.29. The Kier molecular flexibility index (Phi) is 4.17. The van der Waals surface area contributed by atoms with Gasteiger partial charge in [-0.1, -0.05) is 46.3 Å². The van der Waals surface area contributed by atoms with E-state index in [1.54, 1.807) is 12.7 Å². The second-order valence-electron chi connectivity index (χ2n) is 6.10. The Morgan fingerprint density at radius 1 is 1.12 bits per heavy atom. The van der Waals surface area contributed by atoms with E-state index in [0.29, 0.717) is 0 Å². The highest BCUT2D eigenvalue weighted by Gasteiger charge is 2.25. The molecule has 0 bridgehead atoms. The fraction of sp³-hybridized carbons (Fsp3) is 0.200. The Labute approximate surface area is 155 Å². The zero-order chi connectivity index (χ0) is 17.4. The van der Waals surface area contributed by atoms with Gasteiger partial charge < -0.3 is 4.57 Å². The topological polar surface area (TPSA) is 35.6 Å². The third kappa shape index (κ3) is 2.68. The molecule has 0 aliphatic rings. The van der Waals surface area contributed by atoms with Crippen molar-refractivity contribution in [2.24, 2.45) is 0 Å². The lowest BCUT2D eigenvalue weighted by atomic mass is 10.00. The van der Waals surface area contributed by atoms with Crippen LogP contribution < -0.4 is 0 Å². The van der Waals surface area contributed by atoms with Gasteiger partial charge in [0.05, 0.1) is 5.69 Å². The summed E-state index contributed by atoms with van der Waals surface area (Å²) in [6.07, 6.45) is 3.39. The summed E-state index contributed by atoms with van der Waals surface area (Å²) >= 11 is 3.61. The fourth-order valence-corrected chi connectivity index (χ4v) is 3.99. The molecule has 0 radical (unpaired) electrons. The minimum Gasteiger partial charge on any atom is -0.342 e. The second-order valence-corrected chi connectivity index (χ2v) is 7.02. The zero-order valence-corrected chi connectivity index (χ0v) is 15.8. The van der Waals surface area contributed by atoms with Gasteiger partial charge in [0.1, 0.15) is 18.7 Å². The molecule has 5 heteroatoms. The number of aromatic nitrogens is 4. The van der Waals surface area contributed by atoms with E-state index in [9.17, 15) is 0 Å². The van der Waals surface area contributed by atoms with Crippen LogP contribution in [0, 0.1) is 6.92 Å². The lowest BCUT2D eigenvalue weighted by molar-refractivity contribution is 0.550. The summed E-state index contributed by atoms with van der Waals surface area (Å²) in [5.41, 5.74) is 4.99. The maximum atomic E-state index is 4.46. The first-order chi connectivity index (χ1) is 12.2. The number of hydrogen-bond donors (Lipinski definition) is 0. The molecule has 2 aromatic carbocycles. The van der Waals surface area contributed by atoms with Gasteiger partial charge in [0.15, 0.2) is 0 Å². The van der Waals surface area contributed by atoms with Gasteiger partial charge in [-0.2, -0.15) is 5.10 Å². The molecular weight excluding hydrogens is 376 g/mol. The van der Waals surface area contributed by atoms with Gasteiger partial charge in [0.25, 0.3) is 0 Å². The van der Waals surface area contributed by atoms with Crippen molar-refractivity contribution >= 4 is 26.8 Å². The van der Waals surface area contributed by atoms with Crippen molar-refractivity contribution in [1.82, 2.24) is 19.3 Å². The molecule has 2 heterocycles. The molecule has 0 aliphatic carbocycles. The van der Waals surface area contributed by atoms with Gasteiger partial charge in [-0.05, 0) is 43.2 Å². The molecule has 25 heavy (non-hydrogen) atoms. The van der Waals surface area contributed by atoms with E-state index in [-0.39, 0.29) is 6.04 Å². The van der Waals surface area contributed by atoms with Crippen LogP contribution in [-0.4, -0.2) is 19.3 Å². The molecular formula is C20H19BrN4. The normalized spacial score (nSPS) is 12.6. The van der Waals surface area contributed by atoms with E-state index in [0.717, 1.165) is 11.0 Å². The van der Waals surface area contributed by atoms with Crippen molar-refractivity contribution in [3.63, 3.8) is 0 Å². The van der Waals surface area contributed by atoms with Crippen LogP contribution in [0.3, 0.4) is 0 Å². The van der Waals surface area contributed by atoms with Crippen molar-refractivity contribution < 1.29 is 0 Å². The monoisotopic (exact) mass is 394 g/mol. The zero-order valence-electron chi connectivity index (χ0n) is 14.2. The van der Waals surface area contributed by atoms with Crippen molar-refractivity contribution in [2.45, 2.75) is 26.4 Å². The number of hydrogen-bond acceptors (Lipinski definition) is 2. The molecule has 0 fully saturated rings. The molecule has 126 valence electrons. The van der Waals surface area contributed by atoms with E-state index >= 15 is 0 Å². The Balaban J connectivity index is 2.04. The number of fused-ring (bicyclic) bond motifs is 1. The molecule has 0 N–H and O–H groups in total. The van der Waals surface area contributed by atoms with Gasteiger partial charge in [0.2, 0.25) is 0 Å². The van der Waals surface area contributed by atoms with Gasteiger partial charge in [-0.15, -0.1) is 0 Å². The van der Waals surface area contributed by atoms with Crippen molar-refractivity contribution in [1.29, 1.82) is 0 Å². The molecule has 0 amide bonds. The van der Waals surface area contributed by atoms with E-state index in [1.807, 2.05) is 10.7 Å². The van der Waals surface area contributed by atoms with Crippen LogP contribution in [0.15, 0.2) is 65.7 Å². The number of halogens is 1. The molecule has 0 aliphatic heterocycles. The number of benzene rings is 2. The average molecular weight is 395 g/mol. The number of aryl methyl sites for hydroxylation is 2. The number of nitrogens with zero attached hydrogens (tertiary/aromatic N) is 4. The highest BCUT2D eigenvalue weighted by atomic mass is 79.9. The van der Waals surface area contributed by atoms with Crippen molar-refractivity contribution in [2.75, 3.05) is 0 Å². The predicted octanol–water partition coefficient (Wildman–Crippen LogP) is 4.96. The largest absolute Gasteiger partial charge is 0.342 e. The van der Waals surface area contributed by atoms with Crippen LogP contribution in [0.25, 0.3) is 10.9 Å². The molecule has 4 aromatic rings. The maximum absolute atomic E-state index is 4.46. The second kappa shape index (κ2) is 6.48. The summed E-state index contributed by atoms with van der Waals surface area (Å²) in [7, 11) is 0. The summed E-state index contributed by atoms with van der Waals surface area (Å²) in [4.78, 5) is 4.18. The summed E-state index contributed by atoms with van der Waals surface area (Å²) < 4.78 is 5.42. The number of rotatable bonds is 4. The Bertz CT molecular complexity index is 1000. The summed E-state index contributed by atoms with van der Waals surface area (Å²) in [6, 6.07) is 17.0. The first-order valence-electron chi connectivity index (χ1n) is 8.38. The lowest BCUT2D eigenvalue weighted by Crippen LogP contribution is -2.18. The highest BCUT2D eigenvalue weighted by molar-refractivity contribution is 9.10. The predicted molar refractivity (Wildman–Crippen MR) is 104 cm³/mol. The Morgan fingerprint density at radius 3 is 2.60 bits per heavy atom. The summed E-state index contributed by atoms with van der Waals surface area (Å²) in [5.74, 6) is 0. The van der Waals surface area contributed by atoms with E-state index < -0.39 is 0 Å². The smallest absolute Gasteiger partial charge is 0.137 e. The quantitative estimate of drug-likeness (QED) is 0.490. The SMILES string of the molecule is CCn1c(C(c2ccccc2)n2cncn2)c(C)c2cc(Br)ccc21. The maximum Gasteiger partial charge on any atom is 0.137 e. The van der Waals surface area contributed by atoms with Crippen LogP contribution in [0.1, 0.15) is 29.8 Å². The molecule has 0 saturated carbocycles. The van der Waals surface area contributed by atoms with Gasteiger partial charge >= 0.3 is 0 Å². The molecule has 4 nitrogen and oxygen atoms in total. The Morgan fingerprint density at radius 2 is 1.92 bits per heavy atom. The third-order valence-electron chi connectivity index (χ3n) is 4.72. The van der Waals surface area contributed by atoms with Crippen molar-refractivity contribution in [3.05, 3.63) is 82.5 Å². The van der Waals surface area contributed by atoms with E-state index in [1.165, 1.54) is 27.7 Å². The molecule has 1 atom stereocenters. The molecule has 0 saturated heterocycles. The van der Waals surface area contributed by atoms with Crippen LogP contribution in [0.4, 0.5) is 0 Å². The third-order valence-corrected chi connectivity index (χ3v) is 5.21. The molecule has 2 aromatic heterocycles. The Hall–Kier alpha value is -2.40.